The van der Waals surface area contributed by atoms with Gasteiger partial charge in [-0.3, -0.25) is 19.2 Å². The van der Waals surface area contributed by atoms with Gasteiger partial charge >= 0.3 is 11.9 Å². The Kier molecular flexibility index (Phi) is 4.72. The minimum absolute atomic E-state index is 0.206. The minimum atomic E-state index is -2.00. The zero-order valence-corrected chi connectivity index (χ0v) is 19.8. The van der Waals surface area contributed by atoms with Crippen LogP contribution in [-0.4, -0.2) is 29.0 Å². The van der Waals surface area contributed by atoms with E-state index in [4.69, 9.17) is 27.9 Å². The number of esters is 2. The topological polar surface area (TPSA) is 80.8 Å². The molecule has 2 heterocycles. The molecule has 3 aromatic carbocycles. The number of carbonyl (C=O) groups excluding carboxylic acids is 4. The third-order valence-corrected chi connectivity index (χ3v) is 7.98. The van der Waals surface area contributed by atoms with E-state index < -0.39 is 46.9 Å². The molecule has 1 spiro atoms. The van der Waals surface area contributed by atoms with Gasteiger partial charge in [-0.25, -0.2) is 0 Å². The van der Waals surface area contributed by atoms with E-state index in [2.05, 4.69) is 0 Å². The molecule has 35 heavy (non-hydrogen) atoms. The van der Waals surface area contributed by atoms with Crippen LogP contribution in [0.3, 0.4) is 0 Å². The van der Waals surface area contributed by atoms with Crippen LogP contribution < -0.4 is 4.90 Å². The van der Waals surface area contributed by atoms with Gasteiger partial charge in [0.2, 0.25) is 0 Å². The number of cyclic esters (lactones) is 2. The van der Waals surface area contributed by atoms with Crippen LogP contribution in [-0.2, 0) is 14.3 Å². The maximum absolute atomic E-state index is 14.2. The predicted molar refractivity (Wildman–Crippen MR) is 129 cm³/mol. The lowest BCUT2D eigenvalue weighted by molar-refractivity contribution is -0.154. The Labute approximate surface area is 210 Å². The molecule has 174 valence electrons. The van der Waals surface area contributed by atoms with E-state index in [1.54, 1.807) is 47.4 Å². The highest BCUT2D eigenvalue weighted by molar-refractivity contribution is 6.42. The Morgan fingerprint density at radius 3 is 2.03 bits per heavy atom. The molecule has 0 unspecified atom stereocenters. The van der Waals surface area contributed by atoms with E-state index >= 15 is 0 Å². The number of nitrogens with zero attached hydrogens (tertiary/aromatic N) is 1. The summed E-state index contributed by atoms with van der Waals surface area (Å²) in [4.78, 5) is 56.2. The second-order valence-corrected chi connectivity index (χ2v) is 9.85. The molecule has 0 N–H and O–H groups in total. The van der Waals surface area contributed by atoms with Crippen molar-refractivity contribution in [2.45, 2.75) is 18.5 Å². The standard InChI is InChI=1S/C27H17Cl2NO5/c1-13-6-8-14(9-7-13)22-20-21(26(34)35-25(20)33)27(30(22)15-10-11-18(28)19(29)12-15)23(31)16-4-2-3-5-17(16)24(27)32/h2-12,20-22H,1H3/t20-,21+,22+/m1/s1. The molecule has 8 heteroatoms. The van der Waals surface area contributed by atoms with Crippen molar-refractivity contribution < 1.29 is 23.9 Å². The molecule has 0 radical (unpaired) electrons. The van der Waals surface area contributed by atoms with Crippen molar-refractivity contribution in [2.75, 3.05) is 4.90 Å². The van der Waals surface area contributed by atoms with Crippen LogP contribution >= 0.6 is 23.2 Å². The molecule has 2 aliphatic heterocycles. The first-order valence-electron chi connectivity index (χ1n) is 11.0. The number of hydrogen-bond donors (Lipinski definition) is 0. The van der Waals surface area contributed by atoms with E-state index in [-0.39, 0.29) is 16.1 Å². The Morgan fingerprint density at radius 2 is 1.43 bits per heavy atom. The van der Waals surface area contributed by atoms with Crippen molar-refractivity contribution in [1.82, 2.24) is 0 Å². The van der Waals surface area contributed by atoms with E-state index in [0.717, 1.165) is 5.56 Å². The smallest absolute Gasteiger partial charge is 0.320 e. The first kappa shape index (κ1) is 22.0. The number of hydrogen-bond acceptors (Lipinski definition) is 6. The summed E-state index contributed by atoms with van der Waals surface area (Å²) in [5, 5.41) is 0.502. The highest BCUT2D eigenvalue weighted by atomic mass is 35.5. The Balaban J connectivity index is 1.69. The number of aryl methyl sites for hydroxylation is 1. The molecule has 0 aromatic heterocycles. The summed E-state index contributed by atoms with van der Waals surface area (Å²) in [7, 11) is 0. The van der Waals surface area contributed by atoms with Gasteiger partial charge in [-0.05, 0) is 30.7 Å². The quantitative estimate of drug-likeness (QED) is 0.360. The van der Waals surface area contributed by atoms with Crippen molar-refractivity contribution in [3.8, 4) is 0 Å². The molecular weight excluding hydrogens is 489 g/mol. The average molecular weight is 506 g/mol. The molecule has 6 rings (SSSR count). The summed E-state index contributed by atoms with van der Waals surface area (Å²) in [6.07, 6.45) is 0. The first-order valence-corrected chi connectivity index (χ1v) is 11.8. The number of carbonyl (C=O) groups is 4. The van der Waals surface area contributed by atoms with E-state index in [1.165, 1.54) is 0 Å². The van der Waals surface area contributed by atoms with Crippen molar-refractivity contribution in [2.24, 2.45) is 11.8 Å². The fourth-order valence-electron chi connectivity index (χ4n) is 5.80. The maximum atomic E-state index is 14.2. The summed E-state index contributed by atoms with van der Waals surface area (Å²) >= 11 is 12.5. The molecule has 0 amide bonds. The molecule has 3 atom stereocenters. The van der Waals surface area contributed by atoms with Gasteiger partial charge in [0.15, 0.2) is 17.1 Å². The molecule has 2 fully saturated rings. The molecule has 0 bridgehead atoms. The second-order valence-electron chi connectivity index (χ2n) is 9.04. The largest absolute Gasteiger partial charge is 0.393 e. The Hall–Kier alpha value is -3.48. The van der Waals surface area contributed by atoms with Gasteiger partial charge in [0.25, 0.3) is 0 Å². The van der Waals surface area contributed by atoms with Crippen LogP contribution in [0.5, 0.6) is 0 Å². The van der Waals surface area contributed by atoms with Crippen molar-refractivity contribution >= 4 is 52.4 Å². The Morgan fingerprint density at radius 1 is 0.800 bits per heavy atom. The van der Waals surface area contributed by atoms with Crippen molar-refractivity contribution in [1.29, 1.82) is 0 Å². The number of ether oxygens (including phenoxy) is 1. The van der Waals surface area contributed by atoms with Gasteiger partial charge in [0.05, 0.1) is 22.0 Å². The highest BCUT2D eigenvalue weighted by Crippen LogP contribution is 2.60. The normalized spacial score (nSPS) is 24.2. The fourth-order valence-corrected chi connectivity index (χ4v) is 6.09. The van der Waals surface area contributed by atoms with Crippen LogP contribution in [0.2, 0.25) is 10.0 Å². The van der Waals surface area contributed by atoms with Gasteiger partial charge in [0, 0.05) is 16.8 Å². The summed E-state index contributed by atoms with van der Waals surface area (Å²) in [5.41, 5.74) is 0.469. The van der Waals surface area contributed by atoms with Gasteiger partial charge < -0.3 is 9.64 Å². The van der Waals surface area contributed by atoms with Gasteiger partial charge in [0.1, 0.15) is 5.92 Å². The third-order valence-electron chi connectivity index (χ3n) is 7.24. The van der Waals surface area contributed by atoms with Crippen LogP contribution in [0, 0.1) is 18.8 Å². The monoisotopic (exact) mass is 505 g/mol. The number of benzene rings is 3. The van der Waals surface area contributed by atoms with E-state index in [9.17, 15) is 19.2 Å². The lowest BCUT2D eigenvalue weighted by Crippen LogP contribution is -2.59. The summed E-state index contributed by atoms with van der Waals surface area (Å²) < 4.78 is 5.06. The molecule has 1 aliphatic carbocycles. The molecule has 0 saturated carbocycles. The van der Waals surface area contributed by atoms with Crippen molar-refractivity contribution in [3.63, 3.8) is 0 Å². The second kappa shape index (κ2) is 7.51. The minimum Gasteiger partial charge on any atom is -0.393 e. The molecule has 3 aromatic rings. The molecular formula is C27H17Cl2NO5. The number of ketones is 2. The highest BCUT2D eigenvalue weighted by Gasteiger charge is 2.76. The first-order chi connectivity index (χ1) is 16.8. The Bertz CT molecular complexity index is 1430. The SMILES string of the molecule is Cc1ccc([C@H]2[C@@H]3C(=O)OC(=O)[C@H]3C3(C(=O)c4ccccc4C3=O)N2c2ccc(Cl)c(Cl)c2)cc1. The van der Waals surface area contributed by atoms with Crippen LogP contribution in [0.4, 0.5) is 5.69 Å². The third kappa shape index (κ3) is 2.78. The van der Waals surface area contributed by atoms with Crippen LogP contribution in [0.15, 0.2) is 66.7 Å². The number of halogens is 2. The zero-order valence-electron chi connectivity index (χ0n) is 18.3. The van der Waals surface area contributed by atoms with Gasteiger partial charge in [-0.1, -0.05) is 77.3 Å². The molecule has 2 saturated heterocycles. The average Bonchev–Trinajstić information content (AvgIpc) is 3.40. The van der Waals surface area contributed by atoms with Crippen molar-refractivity contribution in [3.05, 3.63) is 99.0 Å². The fraction of sp³-hybridized carbons (Fsp3) is 0.185. The number of fused-ring (bicyclic) bond motifs is 3. The number of anilines is 1. The van der Waals surface area contributed by atoms with E-state index in [0.29, 0.717) is 16.3 Å². The lowest BCUT2D eigenvalue weighted by atomic mass is 9.76. The van der Waals surface area contributed by atoms with Crippen LogP contribution in [0.25, 0.3) is 0 Å². The van der Waals surface area contributed by atoms with Gasteiger partial charge in [-0.2, -0.15) is 0 Å². The van der Waals surface area contributed by atoms with E-state index in [1.807, 2.05) is 31.2 Å². The number of Topliss-reactive ketones (excluding diaryl/α,β-unsaturated/α-hetero) is 2. The molecule has 6 nitrogen and oxygen atoms in total. The van der Waals surface area contributed by atoms with Gasteiger partial charge in [-0.15, -0.1) is 0 Å². The number of rotatable bonds is 2. The summed E-state index contributed by atoms with van der Waals surface area (Å²) in [5.74, 6) is -5.11. The van der Waals surface area contributed by atoms with Crippen LogP contribution in [0.1, 0.15) is 37.9 Å². The predicted octanol–water partition coefficient (Wildman–Crippen LogP) is 5.00. The molecule has 3 aliphatic rings. The summed E-state index contributed by atoms with van der Waals surface area (Å²) in [6.45, 7) is 1.92. The lowest BCUT2D eigenvalue weighted by Gasteiger charge is -2.39. The summed E-state index contributed by atoms with van der Waals surface area (Å²) in [6, 6.07) is 17.8. The maximum Gasteiger partial charge on any atom is 0.320 e. The zero-order chi connectivity index (χ0) is 24.6.